The molecule has 2 amide bonds. The molecule has 5 nitrogen and oxygen atoms in total. The van der Waals surface area contributed by atoms with Crippen molar-refractivity contribution in [3.05, 3.63) is 17.9 Å². The van der Waals surface area contributed by atoms with Gasteiger partial charge in [-0.2, -0.15) is 0 Å². The second-order valence-corrected chi connectivity index (χ2v) is 4.31. The number of rotatable bonds is 2. The fraction of sp³-hybridized carbons (Fsp3) is 0.333. The molecule has 0 saturated heterocycles. The highest BCUT2D eigenvalue weighted by Gasteiger charge is 2.22. The van der Waals surface area contributed by atoms with Gasteiger partial charge < -0.3 is 15.4 Å². The van der Waals surface area contributed by atoms with Crippen LogP contribution in [0.15, 0.2) is 12.1 Å². The molecule has 1 aromatic carbocycles. The van der Waals surface area contributed by atoms with Gasteiger partial charge in [0.1, 0.15) is 5.82 Å². The molecule has 1 aliphatic heterocycles. The Morgan fingerprint density at radius 3 is 2.89 bits per heavy atom. The molecular weight excluding hydrogens is 239 g/mol. The molecule has 0 spiro atoms. The summed E-state index contributed by atoms with van der Waals surface area (Å²) < 4.78 is 18.6. The number of ether oxygens (including phenoxy) is 1. The molecule has 96 valence electrons. The maximum atomic E-state index is 13.4. The molecule has 1 heterocycles. The van der Waals surface area contributed by atoms with Crippen LogP contribution in [0.5, 0.6) is 5.75 Å². The molecule has 0 bridgehead atoms. The predicted octanol–water partition coefficient (Wildman–Crippen LogP) is 1.75. The lowest BCUT2D eigenvalue weighted by molar-refractivity contribution is -0.119. The third-order valence-corrected chi connectivity index (χ3v) is 2.46. The van der Waals surface area contributed by atoms with Crippen molar-refractivity contribution in [1.29, 1.82) is 0 Å². The van der Waals surface area contributed by atoms with E-state index in [0.717, 1.165) is 12.1 Å². The summed E-state index contributed by atoms with van der Waals surface area (Å²) in [7, 11) is 0. The van der Waals surface area contributed by atoms with Gasteiger partial charge >= 0.3 is 0 Å². The number of carbonyl (C=O) groups is 2. The number of anilines is 2. The quantitative estimate of drug-likeness (QED) is 0.842. The summed E-state index contributed by atoms with van der Waals surface area (Å²) in [5, 5.41) is 5.06. The van der Waals surface area contributed by atoms with E-state index >= 15 is 0 Å². The Hall–Kier alpha value is -2.11. The highest BCUT2D eigenvalue weighted by atomic mass is 19.1. The van der Waals surface area contributed by atoms with Crippen molar-refractivity contribution in [2.75, 3.05) is 17.2 Å². The second-order valence-electron chi connectivity index (χ2n) is 4.31. The molecule has 6 heteroatoms. The van der Waals surface area contributed by atoms with E-state index in [2.05, 4.69) is 10.6 Å². The first-order valence-corrected chi connectivity index (χ1v) is 5.54. The number of nitrogens with one attached hydrogen (secondary N) is 2. The lowest BCUT2D eigenvalue weighted by Crippen LogP contribution is -2.27. The van der Waals surface area contributed by atoms with Crippen molar-refractivity contribution in [1.82, 2.24) is 0 Å². The van der Waals surface area contributed by atoms with Crippen molar-refractivity contribution < 1.29 is 18.7 Å². The lowest BCUT2D eigenvalue weighted by atomic mass is 10.1. The zero-order valence-electron chi connectivity index (χ0n) is 10.0. The maximum absolute atomic E-state index is 13.4. The molecular formula is C12H13FN2O3. The highest BCUT2D eigenvalue weighted by molar-refractivity contribution is 6.00. The van der Waals surface area contributed by atoms with Crippen LogP contribution in [0.25, 0.3) is 0 Å². The zero-order chi connectivity index (χ0) is 13.3. The van der Waals surface area contributed by atoms with Crippen LogP contribution in [0.3, 0.4) is 0 Å². The number of hydrogen-bond acceptors (Lipinski definition) is 3. The summed E-state index contributed by atoms with van der Waals surface area (Å²) in [6.45, 7) is 3.30. The van der Waals surface area contributed by atoms with Gasteiger partial charge in [-0.15, -0.1) is 0 Å². The number of fused-ring (bicyclic) bond motifs is 1. The first-order chi connectivity index (χ1) is 8.47. The van der Waals surface area contributed by atoms with E-state index in [0.29, 0.717) is 0 Å². The van der Waals surface area contributed by atoms with Gasteiger partial charge in [-0.25, -0.2) is 4.39 Å². The minimum atomic E-state index is -0.557. The summed E-state index contributed by atoms with van der Waals surface area (Å²) in [6.07, 6.45) is 0. The molecule has 0 fully saturated rings. The number of amides is 2. The van der Waals surface area contributed by atoms with Crippen LogP contribution in [0.4, 0.5) is 15.8 Å². The van der Waals surface area contributed by atoms with Crippen molar-refractivity contribution in [3.8, 4) is 5.75 Å². The minimum absolute atomic E-state index is 0.150. The van der Waals surface area contributed by atoms with Crippen molar-refractivity contribution in [3.63, 3.8) is 0 Å². The average Bonchev–Trinajstić information content (AvgIpc) is 2.27. The summed E-state index contributed by atoms with van der Waals surface area (Å²) in [6, 6.07) is 2.31. The molecule has 0 unspecified atom stereocenters. The van der Waals surface area contributed by atoms with E-state index in [1.165, 1.54) is 0 Å². The minimum Gasteiger partial charge on any atom is -0.479 e. The van der Waals surface area contributed by atoms with Gasteiger partial charge in [0, 0.05) is 18.1 Å². The molecule has 2 rings (SSSR count). The molecule has 0 atom stereocenters. The van der Waals surface area contributed by atoms with Crippen LogP contribution < -0.4 is 15.4 Å². The molecule has 0 saturated carbocycles. The van der Waals surface area contributed by atoms with Gasteiger partial charge in [-0.3, -0.25) is 9.59 Å². The standard InChI is InChI=1S/C12H13FN2O3/c1-6(2)12(17)15-9-4-7(13)3-8-11(9)18-5-10(16)14-8/h3-4,6H,5H2,1-2H3,(H,14,16)(H,15,17). The summed E-state index contributed by atoms with van der Waals surface area (Å²) in [5.41, 5.74) is 0.453. The molecule has 1 aromatic rings. The lowest BCUT2D eigenvalue weighted by Gasteiger charge is -2.21. The van der Waals surface area contributed by atoms with Gasteiger partial charge in [0.05, 0.1) is 11.4 Å². The summed E-state index contributed by atoms with van der Waals surface area (Å²) in [4.78, 5) is 22.7. The van der Waals surface area contributed by atoms with Crippen molar-refractivity contribution in [2.24, 2.45) is 5.92 Å². The van der Waals surface area contributed by atoms with E-state index in [4.69, 9.17) is 4.74 Å². The smallest absolute Gasteiger partial charge is 0.262 e. The summed E-state index contributed by atoms with van der Waals surface area (Å²) in [5.74, 6) is -1.11. The third kappa shape index (κ3) is 2.42. The van der Waals surface area contributed by atoms with E-state index in [1.807, 2.05) is 0 Å². The number of benzene rings is 1. The van der Waals surface area contributed by atoms with Gasteiger partial charge in [-0.05, 0) is 0 Å². The predicted molar refractivity (Wildman–Crippen MR) is 64.0 cm³/mol. The van der Waals surface area contributed by atoms with Gasteiger partial charge in [0.2, 0.25) is 5.91 Å². The van der Waals surface area contributed by atoms with Crippen LogP contribution in [-0.4, -0.2) is 18.4 Å². The molecule has 2 N–H and O–H groups in total. The van der Waals surface area contributed by atoms with Gasteiger partial charge in [0.15, 0.2) is 12.4 Å². The Labute approximate surface area is 103 Å². The largest absolute Gasteiger partial charge is 0.479 e. The first-order valence-electron chi connectivity index (χ1n) is 5.54. The Kier molecular flexibility index (Phi) is 3.18. The highest BCUT2D eigenvalue weighted by Crippen LogP contribution is 2.36. The monoisotopic (exact) mass is 252 g/mol. The third-order valence-electron chi connectivity index (χ3n) is 2.46. The Balaban J connectivity index is 2.36. The Morgan fingerprint density at radius 2 is 2.22 bits per heavy atom. The van der Waals surface area contributed by atoms with Crippen LogP contribution in [0, 0.1) is 11.7 Å². The Bertz CT molecular complexity index is 514. The van der Waals surface area contributed by atoms with Crippen LogP contribution in [-0.2, 0) is 9.59 Å². The van der Waals surface area contributed by atoms with E-state index in [1.54, 1.807) is 13.8 Å². The fourth-order valence-electron chi connectivity index (χ4n) is 1.54. The Morgan fingerprint density at radius 1 is 1.50 bits per heavy atom. The molecule has 1 aliphatic rings. The SMILES string of the molecule is CC(C)C(=O)Nc1cc(F)cc2c1OCC(=O)N2. The molecule has 0 aliphatic carbocycles. The van der Waals surface area contributed by atoms with E-state index in [9.17, 15) is 14.0 Å². The normalized spacial score (nSPS) is 13.7. The molecule has 18 heavy (non-hydrogen) atoms. The maximum Gasteiger partial charge on any atom is 0.262 e. The van der Waals surface area contributed by atoms with E-state index in [-0.39, 0.29) is 41.5 Å². The van der Waals surface area contributed by atoms with Gasteiger partial charge in [0.25, 0.3) is 5.91 Å². The van der Waals surface area contributed by atoms with Crippen LogP contribution in [0.2, 0.25) is 0 Å². The topological polar surface area (TPSA) is 67.4 Å². The van der Waals surface area contributed by atoms with Gasteiger partial charge in [-0.1, -0.05) is 13.8 Å². The van der Waals surface area contributed by atoms with Crippen LogP contribution >= 0.6 is 0 Å². The zero-order valence-corrected chi connectivity index (χ0v) is 10.0. The van der Waals surface area contributed by atoms with Crippen molar-refractivity contribution >= 4 is 23.2 Å². The first kappa shape index (κ1) is 12.3. The van der Waals surface area contributed by atoms with Crippen molar-refractivity contribution in [2.45, 2.75) is 13.8 Å². The molecule has 0 aromatic heterocycles. The number of carbonyl (C=O) groups excluding carboxylic acids is 2. The number of hydrogen-bond donors (Lipinski definition) is 2. The fourth-order valence-corrected chi connectivity index (χ4v) is 1.54. The van der Waals surface area contributed by atoms with Crippen LogP contribution in [0.1, 0.15) is 13.8 Å². The van der Waals surface area contributed by atoms with E-state index < -0.39 is 5.82 Å². The molecule has 0 radical (unpaired) electrons. The average molecular weight is 252 g/mol. The summed E-state index contributed by atoms with van der Waals surface area (Å²) >= 11 is 0. The second kappa shape index (κ2) is 4.64. The number of halogens is 1.